The van der Waals surface area contributed by atoms with E-state index < -0.39 is 0 Å². The summed E-state index contributed by atoms with van der Waals surface area (Å²) in [5, 5.41) is 7.07. The number of rotatable bonds is 2. The zero-order chi connectivity index (χ0) is 16.6. The van der Waals surface area contributed by atoms with Crippen LogP contribution in [0.5, 0.6) is 11.6 Å². The summed E-state index contributed by atoms with van der Waals surface area (Å²) in [5.41, 5.74) is 0. The number of ether oxygens (including phenoxy) is 1. The molecule has 4 aromatic carbocycles. The maximum atomic E-state index is 6.14. The summed E-state index contributed by atoms with van der Waals surface area (Å²) in [6.45, 7) is 0. The first-order chi connectivity index (χ1) is 12.4. The first-order valence-electron chi connectivity index (χ1n) is 8.33. The Labute approximate surface area is 145 Å². The summed E-state index contributed by atoms with van der Waals surface area (Å²) in [6.07, 6.45) is 1.82. The van der Waals surface area contributed by atoms with Gasteiger partial charge in [-0.1, -0.05) is 66.7 Å². The van der Waals surface area contributed by atoms with Crippen LogP contribution in [0.25, 0.3) is 32.3 Å². The predicted molar refractivity (Wildman–Crippen MR) is 103 cm³/mol. The molecular weight excluding hydrogens is 306 g/mol. The third-order valence-electron chi connectivity index (χ3n) is 4.58. The van der Waals surface area contributed by atoms with E-state index in [2.05, 4.69) is 59.6 Å². The van der Waals surface area contributed by atoms with Gasteiger partial charge in [-0.2, -0.15) is 0 Å². The molecule has 118 valence electrons. The molecule has 0 bridgehead atoms. The quantitative estimate of drug-likeness (QED) is 0.354. The van der Waals surface area contributed by atoms with Crippen LogP contribution < -0.4 is 4.74 Å². The molecular formula is C23H15NO. The molecule has 2 nitrogen and oxygen atoms in total. The molecule has 0 saturated carbocycles. The summed E-state index contributed by atoms with van der Waals surface area (Å²) in [7, 11) is 0. The van der Waals surface area contributed by atoms with Gasteiger partial charge in [0.1, 0.15) is 5.75 Å². The molecule has 0 saturated heterocycles. The molecule has 0 amide bonds. The lowest BCUT2D eigenvalue weighted by atomic mass is 9.95. The monoisotopic (exact) mass is 321 g/mol. The number of hydrogen-bond acceptors (Lipinski definition) is 2. The average molecular weight is 321 g/mol. The van der Waals surface area contributed by atoms with Crippen molar-refractivity contribution in [2.45, 2.75) is 0 Å². The molecule has 0 aliphatic carbocycles. The number of aromatic nitrogens is 1. The lowest BCUT2D eigenvalue weighted by molar-refractivity contribution is 0.469. The Morgan fingerprint density at radius 2 is 1.04 bits per heavy atom. The molecule has 5 aromatic rings. The normalized spacial score (nSPS) is 11.2. The van der Waals surface area contributed by atoms with Crippen molar-refractivity contribution in [3.05, 3.63) is 91.1 Å². The lowest BCUT2D eigenvalue weighted by Gasteiger charge is -2.13. The first-order valence-corrected chi connectivity index (χ1v) is 8.33. The van der Waals surface area contributed by atoms with Crippen molar-refractivity contribution in [1.82, 2.24) is 4.98 Å². The molecule has 1 heterocycles. The van der Waals surface area contributed by atoms with Crippen LogP contribution in [0.3, 0.4) is 0 Å². The van der Waals surface area contributed by atoms with Crippen molar-refractivity contribution >= 4 is 32.3 Å². The summed E-state index contributed by atoms with van der Waals surface area (Å²) in [4.78, 5) is 4.54. The Kier molecular flexibility index (Phi) is 3.14. The van der Waals surface area contributed by atoms with Gasteiger partial charge in [-0.25, -0.2) is 4.98 Å². The molecule has 5 rings (SSSR count). The van der Waals surface area contributed by atoms with E-state index in [1.165, 1.54) is 16.2 Å². The van der Waals surface area contributed by atoms with Crippen LogP contribution in [0.4, 0.5) is 0 Å². The Bertz CT molecular complexity index is 1170. The van der Waals surface area contributed by atoms with Crippen LogP contribution in [0.2, 0.25) is 0 Å². The minimum absolute atomic E-state index is 0.644. The largest absolute Gasteiger partial charge is 0.438 e. The minimum atomic E-state index is 0.644. The second kappa shape index (κ2) is 5.60. The SMILES string of the molecule is c1ccc(Oc2nccc3c4ccccc4c4ccccc4c23)cc1. The van der Waals surface area contributed by atoms with Gasteiger partial charge in [-0.15, -0.1) is 0 Å². The van der Waals surface area contributed by atoms with Gasteiger partial charge in [0.05, 0.1) is 5.39 Å². The molecule has 1 aromatic heterocycles. The third-order valence-corrected chi connectivity index (χ3v) is 4.58. The van der Waals surface area contributed by atoms with Gasteiger partial charge < -0.3 is 4.74 Å². The number of hydrogen-bond donors (Lipinski definition) is 0. The van der Waals surface area contributed by atoms with E-state index in [1.54, 1.807) is 0 Å². The molecule has 2 heteroatoms. The molecule has 0 atom stereocenters. The summed E-state index contributed by atoms with van der Waals surface area (Å²) < 4.78 is 6.14. The van der Waals surface area contributed by atoms with Crippen molar-refractivity contribution in [3.63, 3.8) is 0 Å². The smallest absolute Gasteiger partial charge is 0.227 e. The van der Waals surface area contributed by atoms with Crippen molar-refractivity contribution in [1.29, 1.82) is 0 Å². The molecule has 0 unspecified atom stereocenters. The highest BCUT2D eigenvalue weighted by molar-refractivity contribution is 6.26. The fraction of sp³-hybridized carbons (Fsp3) is 0. The van der Waals surface area contributed by atoms with Crippen LogP contribution in [0.15, 0.2) is 91.1 Å². The van der Waals surface area contributed by atoms with Crippen molar-refractivity contribution in [2.24, 2.45) is 0 Å². The van der Waals surface area contributed by atoms with Crippen LogP contribution in [0, 0.1) is 0 Å². The van der Waals surface area contributed by atoms with Gasteiger partial charge in [0, 0.05) is 6.20 Å². The van der Waals surface area contributed by atoms with E-state index in [0.717, 1.165) is 21.9 Å². The van der Waals surface area contributed by atoms with Crippen LogP contribution in [-0.4, -0.2) is 4.98 Å². The Morgan fingerprint density at radius 3 is 1.72 bits per heavy atom. The summed E-state index contributed by atoms with van der Waals surface area (Å²) >= 11 is 0. The summed E-state index contributed by atoms with van der Waals surface area (Å²) in [6, 6.07) is 28.8. The number of pyridine rings is 1. The highest BCUT2D eigenvalue weighted by Crippen LogP contribution is 2.39. The van der Waals surface area contributed by atoms with E-state index >= 15 is 0 Å². The van der Waals surface area contributed by atoms with Gasteiger partial charge >= 0.3 is 0 Å². The minimum Gasteiger partial charge on any atom is -0.438 e. The topological polar surface area (TPSA) is 22.1 Å². The van der Waals surface area contributed by atoms with E-state index in [1.807, 2.05) is 36.5 Å². The average Bonchev–Trinajstić information content (AvgIpc) is 2.69. The molecule has 0 spiro atoms. The highest BCUT2D eigenvalue weighted by Gasteiger charge is 2.13. The van der Waals surface area contributed by atoms with Gasteiger partial charge in [-0.05, 0) is 45.1 Å². The van der Waals surface area contributed by atoms with Crippen LogP contribution >= 0.6 is 0 Å². The lowest BCUT2D eigenvalue weighted by Crippen LogP contribution is -1.91. The number of para-hydroxylation sites is 1. The van der Waals surface area contributed by atoms with E-state index in [9.17, 15) is 0 Å². The number of benzene rings is 4. The maximum Gasteiger partial charge on any atom is 0.227 e. The maximum absolute atomic E-state index is 6.14. The van der Waals surface area contributed by atoms with Crippen molar-refractivity contribution in [3.8, 4) is 11.6 Å². The number of nitrogens with zero attached hydrogens (tertiary/aromatic N) is 1. The standard InChI is InChI=1S/C23H15NO/c1-2-8-16(9-3-1)25-23-22-20-13-7-6-11-18(20)17-10-4-5-12-19(17)21(22)14-15-24-23/h1-15H. The first kappa shape index (κ1) is 14.0. The van der Waals surface area contributed by atoms with Gasteiger partial charge in [0.15, 0.2) is 0 Å². The molecule has 0 N–H and O–H groups in total. The molecule has 25 heavy (non-hydrogen) atoms. The van der Waals surface area contributed by atoms with Gasteiger partial charge in [0.2, 0.25) is 5.88 Å². The van der Waals surface area contributed by atoms with Crippen LogP contribution in [-0.2, 0) is 0 Å². The second-order valence-electron chi connectivity index (χ2n) is 6.04. The van der Waals surface area contributed by atoms with Crippen molar-refractivity contribution in [2.75, 3.05) is 0 Å². The molecule has 0 fully saturated rings. The third kappa shape index (κ3) is 2.23. The van der Waals surface area contributed by atoms with Gasteiger partial charge in [-0.3, -0.25) is 0 Å². The van der Waals surface area contributed by atoms with E-state index in [-0.39, 0.29) is 0 Å². The Hall–Kier alpha value is -3.39. The second-order valence-corrected chi connectivity index (χ2v) is 6.04. The zero-order valence-corrected chi connectivity index (χ0v) is 13.5. The fourth-order valence-electron chi connectivity index (χ4n) is 3.49. The summed E-state index contributed by atoms with van der Waals surface area (Å²) in [5.74, 6) is 1.44. The van der Waals surface area contributed by atoms with Gasteiger partial charge in [0.25, 0.3) is 0 Å². The molecule has 0 radical (unpaired) electrons. The zero-order valence-electron chi connectivity index (χ0n) is 13.5. The van der Waals surface area contributed by atoms with E-state index in [0.29, 0.717) is 5.88 Å². The predicted octanol–water partition coefficient (Wildman–Crippen LogP) is 6.33. The fourth-order valence-corrected chi connectivity index (χ4v) is 3.49. The Morgan fingerprint density at radius 1 is 0.520 bits per heavy atom. The Balaban J connectivity index is 1.92. The number of fused-ring (bicyclic) bond motifs is 6. The molecule has 0 aliphatic rings. The highest BCUT2D eigenvalue weighted by atomic mass is 16.5. The van der Waals surface area contributed by atoms with Crippen molar-refractivity contribution < 1.29 is 4.74 Å². The van der Waals surface area contributed by atoms with E-state index in [4.69, 9.17) is 4.74 Å². The molecule has 0 aliphatic heterocycles. The van der Waals surface area contributed by atoms with Crippen LogP contribution in [0.1, 0.15) is 0 Å².